The number of aromatic nitrogens is 4. The average Bonchev–Trinajstić information content (AvgIpc) is 2.96. The minimum absolute atomic E-state index is 0.0736. The highest BCUT2D eigenvalue weighted by atomic mass is 35.5. The first-order valence-corrected chi connectivity index (χ1v) is 15.9. The molecule has 2 fully saturated rings. The van der Waals surface area contributed by atoms with E-state index in [9.17, 15) is 18.0 Å². The summed E-state index contributed by atoms with van der Waals surface area (Å²) in [7, 11) is -3.94. The second kappa shape index (κ2) is 11.4. The monoisotopic (exact) mass is 640 g/mol. The molecule has 10 nitrogen and oxygen atoms in total. The molecule has 4 heterocycles. The number of halogens is 3. The van der Waals surface area contributed by atoms with Crippen molar-refractivity contribution in [3.63, 3.8) is 0 Å². The lowest BCUT2D eigenvalue weighted by molar-refractivity contribution is -0.126. The first-order chi connectivity index (χ1) is 21.0. The predicted molar refractivity (Wildman–Crippen MR) is 162 cm³/mol. The fourth-order valence-electron chi connectivity index (χ4n) is 5.65. The van der Waals surface area contributed by atoms with Crippen molar-refractivity contribution in [2.45, 2.75) is 42.5 Å². The van der Waals surface area contributed by atoms with E-state index in [2.05, 4.69) is 21.5 Å². The third-order valence-electron chi connectivity index (χ3n) is 8.14. The molecule has 4 aromatic rings. The summed E-state index contributed by atoms with van der Waals surface area (Å²) in [6.45, 7) is 6.17. The van der Waals surface area contributed by atoms with Crippen LogP contribution in [0.2, 0.25) is 5.02 Å². The number of carbonyl (C=O) groups excluding carboxylic acids is 1. The number of benzene rings is 1. The van der Waals surface area contributed by atoms with Crippen molar-refractivity contribution in [2.75, 3.05) is 24.5 Å². The molecule has 2 aliphatic rings. The van der Waals surface area contributed by atoms with E-state index < -0.39 is 38.1 Å². The number of sulfone groups is 1. The Balaban J connectivity index is 1.63. The summed E-state index contributed by atoms with van der Waals surface area (Å²) in [5.41, 5.74) is -1.94. The van der Waals surface area contributed by atoms with Crippen LogP contribution >= 0.6 is 11.6 Å². The molecule has 0 unspecified atom stereocenters. The van der Waals surface area contributed by atoms with Crippen LogP contribution in [0, 0.1) is 11.6 Å². The van der Waals surface area contributed by atoms with Gasteiger partial charge in [0, 0.05) is 31.9 Å². The molecule has 0 bridgehead atoms. The summed E-state index contributed by atoms with van der Waals surface area (Å²) in [6, 6.07) is 7.46. The van der Waals surface area contributed by atoms with Gasteiger partial charge in [-0.15, -0.1) is 0 Å². The van der Waals surface area contributed by atoms with Crippen LogP contribution in [0.4, 0.5) is 14.6 Å². The van der Waals surface area contributed by atoms with Crippen LogP contribution < -0.4 is 10.6 Å². The summed E-state index contributed by atoms with van der Waals surface area (Å²) in [5, 5.41) is -1.02. The number of anilines is 1. The van der Waals surface area contributed by atoms with Gasteiger partial charge in [0.05, 0.1) is 26.9 Å². The van der Waals surface area contributed by atoms with Crippen molar-refractivity contribution in [3.05, 3.63) is 82.4 Å². The zero-order valence-corrected chi connectivity index (χ0v) is 25.2. The number of nitrogens with zero attached hydrogens (tertiary/aromatic N) is 6. The molecule has 0 N–H and O–H groups in total. The first-order valence-electron chi connectivity index (χ1n) is 14.0. The SMILES string of the molecule is C=CC(=O)N1CCN(c2nc(=O)n(-c3cccnc3S(=O)(=O)C3CCC3)c3nc(-c4c(F)cccc4Cl)c(F)cc23)[C@@H](C)C1. The maximum Gasteiger partial charge on any atom is 0.355 e. The molecule has 1 saturated heterocycles. The van der Waals surface area contributed by atoms with Crippen molar-refractivity contribution in [2.24, 2.45) is 0 Å². The van der Waals surface area contributed by atoms with Crippen molar-refractivity contribution in [1.82, 2.24) is 24.4 Å². The molecule has 1 saturated carbocycles. The van der Waals surface area contributed by atoms with E-state index in [1.807, 2.05) is 6.92 Å². The fourth-order valence-corrected chi connectivity index (χ4v) is 7.83. The zero-order valence-electron chi connectivity index (χ0n) is 23.6. The van der Waals surface area contributed by atoms with Crippen molar-refractivity contribution in [1.29, 1.82) is 0 Å². The van der Waals surface area contributed by atoms with Gasteiger partial charge in [-0.25, -0.2) is 36.5 Å². The van der Waals surface area contributed by atoms with Gasteiger partial charge in [0.15, 0.2) is 16.5 Å². The summed E-state index contributed by atoms with van der Waals surface area (Å²) < 4.78 is 59.0. The van der Waals surface area contributed by atoms with Crippen LogP contribution in [0.3, 0.4) is 0 Å². The van der Waals surface area contributed by atoms with Gasteiger partial charge in [0.25, 0.3) is 0 Å². The van der Waals surface area contributed by atoms with E-state index in [0.29, 0.717) is 12.8 Å². The van der Waals surface area contributed by atoms with Crippen LogP contribution in [-0.2, 0) is 14.6 Å². The Labute approximate surface area is 256 Å². The number of hydrogen-bond acceptors (Lipinski definition) is 8. The molecule has 44 heavy (non-hydrogen) atoms. The molecular formula is C30H27ClF2N6O4S. The smallest absolute Gasteiger partial charge is 0.350 e. The Kier molecular flexibility index (Phi) is 7.70. The number of rotatable bonds is 6. The van der Waals surface area contributed by atoms with E-state index in [0.717, 1.165) is 23.1 Å². The van der Waals surface area contributed by atoms with Crippen LogP contribution in [-0.4, -0.2) is 69.7 Å². The largest absolute Gasteiger partial charge is 0.355 e. The van der Waals surface area contributed by atoms with E-state index in [1.165, 1.54) is 36.5 Å². The zero-order chi connectivity index (χ0) is 31.3. The summed E-state index contributed by atoms with van der Waals surface area (Å²) in [4.78, 5) is 42.4. The lowest BCUT2D eigenvalue weighted by Crippen LogP contribution is -2.54. The van der Waals surface area contributed by atoms with E-state index in [1.54, 1.807) is 9.80 Å². The van der Waals surface area contributed by atoms with E-state index >= 15 is 8.78 Å². The van der Waals surface area contributed by atoms with Crippen molar-refractivity contribution < 1.29 is 22.0 Å². The first kappa shape index (κ1) is 29.8. The molecule has 1 aliphatic heterocycles. The molecule has 0 radical (unpaired) electrons. The van der Waals surface area contributed by atoms with Crippen molar-refractivity contribution in [3.8, 4) is 16.9 Å². The molecule has 1 atom stereocenters. The number of hydrogen-bond donors (Lipinski definition) is 0. The van der Waals surface area contributed by atoms with Crippen LogP contribution in [0.5, 0.6) is 0 Å². The normalized spacial score (nSPS) is 17.5. The van der Waals surface area contributed by atoms with Gasteiger partial charge in [-0.05, 0) is 56.2 Å². The lowest BCUT2D eigenvalue weighted by atomic mass is 10.0. The summed E-state index contributed by atoms with van der Waals surface area (Å²) >= 11 is 6.28. The Bertz CT molecular complexity index is 1980. The Hall–Kier alpha value is -4.23. The molecular weight excluding hydrogens is 614 g/mol. The average molecular weight is 641 g/mol. The fraction of sp³-hybridized carbons (Fsp3) is 0.300. The highest BCUT2D eigenvalue weighted by molar-refractivity contribution is 7.92. The standard InChI is InChI=1S/C30H27ClF2N6O4S/c1-3-24(40)37-13-14-38(17(2)16-37)27-19-15-22(33)26(25-20(31)9-5-10-21(25)32)35-28(19)39(30(41)36-27)23-11-6-12-34-29(23)44(42,43)18-7-4-8-18/h3,5-6,9-12,15,17-18H,1,4,7-8,13-14,16H2,2H3/t17-/m0/s1. The van der Waals surface area contributed by atoms with Gasteiger partial charge in [-0.2, -0.15) is 4.98 Å². The molecule has 228 valence electrons. The second-order valence-electron chi connectivity index (χ2n) is 10.8. The Morgan fingerprint density at radius 1 is 1.11 bits per heavy atom. The number of carbonyl (C=O) groups is 1. The van der Waals surface area contributed by atoms with Crippen LogP contribution in [0.1, 0.15) is 26.2 Å². The molecule has 14 heteroatoms. The predicted octanol–water partition coefficient (Wildman–Crippen LogP) is 4.32. The highest BCUT2D eigenvalue weighted by Crippen LogP contribution is 2.37. The molecule has 1 amide bonds. The van der Waals surface area contributed by atoms with E-state index in [-0.39, 0.29) is 69.7 Å². The highest BCUT2D eigenvalue weighted by Gasteiger charge is 2.37. The molecule has 0 spiro atoms. The third-order valence-corrected chi connectivity index (χ3v) is 10.7. The van der Waals surface area contributed by atoms with Crippen LogP contribution in [0.25, 0.3) is 28.0 Å². The third kappa shape index (κ3) is 4.93. The van der Waals surface area contributed by atoms with Gasteiger partial charge >= 0.3 is 5.69 Å². The minimum atomic E-state index is -3.94. The maximum atomic E-state index is 15.9. The molecule has 1 aliphatic carbocycles. The topological polar surface area (TPSA) is 118 Å². The number of fused-ring (bicyclic) bond motifs is 1. The minimum Gasteiger partial charge on any atom is -0.350 e. The van der Waals surface area contributed by atoms with Gasteiger partial charge < -0.3 is 9.80 Å². The molecule has 1 aromatic carbocycles. The summed E-state index contributed by atoms with van der Waals surface area (Å²) in [5.74, 6) is -1.93. The van der Waals surface area contributed by atoms with Crippen LogP contribution in [0.15, 0.2) is 65.1 Å². The number of amides is 1. The van der Waals surface area contributed by atoms with Crippen molar-refractivity contribution >= 4 is 44.2 Å². The van der Waals surface area contributed by atoms with Gasteiger partial charge in [-0.3, -0.25) is 4.79 Å². The lowest BCUT2D eigenvalue weighted by Gasteiger charge is -2.40. The quantitative estimate of drug-likeness (QED) is 0.286. The van der Waals surface area contributed by atoms with Gasteiger partial charge in [-0.1, -0.05) is 30.7 Å². The Morgan fingerprint density at radius 3 is 2.55 bits per heavy atom. The van der Waals surface area contributed by atoms with E-state index in [4.69, 9.17) is 11.6 Å². The second-order valence-corrected chi connectivity index (χ2v) is 13.3. The summed E-state index contributed by atoms with van der Waals surface area (Å²) in [6.07, 6.45) is 4.21. The Morgan fingerprint density at radius 2 is 1.89 bits per heavy atom. The number of pyridine rings is 2. The molecule has 3 aromatic heterocycles. The van der Waals surface area contributed by atoms with Gasteiger partial charge in [0.1, 0.15) is 17.3 Å². The maximum absolute atomic E-state index is 15.9. The van der Waals surface area contributed by atoms with Gasteiger partial charge in [0.2, 0.25) is 15.7 Å². The number of piperazine rings is 1. The molecule has 6 rings (SSSR count).